The molecule has 0 bridgehead atoms. The van der Waals surface area contributed by atoms with Crippen molar-refractivity contribution in [3.05, 3.63) is 0 Å². The molecule has 0 radical (unpaired) electrons. The van der Waals surface area contributed by atoms with Crippen molar-refractivity contribution in [2.75, 3.05) is 20.1 Å². The van der Waals surface area contributed by atoms with Gasteiger partial charge in [0.15, 0.2) is 0 Å². The van der Waals surface area contributed by atoms with Gasteiger partial charge in [-0.15, -0.1) is 0 Å². The van der Waals surface area contributed by atoms with Crippen molar-refractivity contribution in [1.82, 2.24) is 4.90 Å². The molecule has 1 nitrogen and oxygen atoms in total. The molecule has 1 saturated heterocycles. The molecular weight excluding hydrogens is 134 g/mol. The van der Waals surface area contributed by atoms with Crippen LogP contribution in [0.3, 0.4) is 0 Å². The topological polar surface area (TPSA) is 3.24 Å². The predicted octanol–water partition coefficient (Wildman–Crippen LogP) is 1.98. The Morgan fingerprint density at radius 3 is 2.18 bits per heavy atom. The zero-order valence-electron chi connectivity index (χ0n) is 7.71. The zero-order valence-corrected chi connectivity index (χ0v) is 7.71. The molecule has 2 aliphatic rings. The number of rotatable bonds is 1. The van der Waals surface area contributed by atoms with Crippen LogP contribution >= 0.6 is 0 Å². The molecule has 1 aliphatic carbocycles. The van der Waals surface area contributed by atoms with Crippen LogP contribution in [0, 0.1) is 17.8 Å². The van der Waals surface area contributed by atoms with E-state index < -0.39 is 0 Å². The molecule has 1 heterocycles. The average molecular weight is 153 g/mol. The van der Waals surface area contributed by atoms with Crippen molar-refractivity contribution in [3.63, 3.8) is 0 Å². The van der Waals surface area contributed by atoms with E-state index in [0.29, 0.717) is 0 Å². The predicted molar refractivity (Wildman–Crippen MR) is 47.5 cm³/mol. The molecule has 0 N–H and O–H groups in total. The van der Waals surface area contributed by atoms with Crippen molar-refractivity contribution in [2.45, 2.75) is 26.2 Å². The first-order chi connectivity index (χ1) is 5.27. The number of nitrogens with zero attached hydrogens (tertiary/aromatic N) is 1. The van der Waals surface area contributed by atoms with E-state index in [1.165, 1.54) is 32.4 Å². The van der Waals surface area contributed by atoms with E-state index in [1.54, 1.807) is 0 Å². The van der Waals surface area contributed by atoms with Crippen molar-refractivity contribution in [1.29, 1.82) is 0 Å². The highest BCUT2D eigenvalue weighted by atomic mass is 15.1. The van der Waals surface area contributed by atoms with E-state index in [4.69, 9.17) is 0 Å². The highest BCUT2D eigenvalue weighted by molar-refractivity contribution is 4.90. The van der Waals surface area contributed by atoms with E-state index in [9.17, 15) is 0 Å². The molecule has 0 aromatic rings. The summed E-state index contributed by atoms with van der Waals surface area (Å²) in [7, 11) is 2.24. The first-order valence-corrected chi connectivity index (χ1v) is 4.96. The quantitative estimate of drug-likeness (QED) is 0.557. The Morgan fingerprint density at radius 2 is 1.73 bits per heavy atom. The summed E-state index contributed by atoms with van der Waals surface area (Å²) in [6, 6.07) is 0. The number of likely N-dealkylation sites (tertiary alicyclic amines) is 1. The number of piperidine rings is 1. The van der Waals surface area contributed by atoms with Gasteiger partial charge in [0.1, 0.15) is 0 Å². The summed E-state index contributed by atoms with van der Waals surface area (Å²) in [5.74, 6) is 3.26. The Kier molecular flexibility index (Phi) is 1.92. The number of hydrogen-bond donors (Lipinski definition) is 0. The van der Waals surface area contributed by atoms with Gasteiger partial charge in [-0.25, -0.2) is 0 Å². The second-order valence-electron chi connectivity index (χ2n) is 4.52. The van der Waals surface area contributed by atoms with E-state index >= 15 is 0 Å². The van der Waals surface area contributed by atoms with E-state index in [0.717, 1.165) is 17.8 Å². The van der Waals surface area contributed by atoms with Gasteiger partial charge < -0.3 is 4.90 Å². The Morgan fingerprint density at radius 1 is 1.18 bits per heavy atom. The molecule has 0 spiro atoms. The minimum atomic E-state index is 1.06. The van der Waals surface area contributed by atoms with Crippen LogP contribution in [0.1, 0.15) is 26.2 Å². The largest absolute Gasteiger partial charge is 0.306 e. The monoisotopic (exact) mass is 153 g/mol. The Balaban J connectivity index is 1.79. The fourth-order valence-electron chi connectivity index (χ4n) is 2.46. The van der Waals surface area contributed by atoms with Crippen LogP contribution in [0.2, 0.25) is 0 Å². The SMILES string of the molecule is CC1CC1C1CCN(C)CC1. The lowest BCUT2D eigenvalue weighted by Crippen LogP contribution is -2.31. The van der Waals surface area contributed by atoms with Gasteiger partial charge >= 0.3 is 0 Å². The molecular formula is C10H19N. The van der Waals surface area contributed by atoms with Crippen molar-refractivity contribution in [2.24, 2.45) is 17.8 Å². The Bertz CT molecular complexity index is 136. The molecule has 0 amide bonds. The van der Waals surface area contributed by atoms with Gasteiger partial charge in [0, 0.05) is 0 Å². The summed E-state index contributed by atoms with van der Waals surface area (Å²) >= 11 is 0. The number of hydrogen-bond acceptors (Lipinski definition) is 1. The van der Waals surface area contributed by atoms with Crippen LogP contribution in [0.4, 0.5) is 0 Å². The van der Waals surface area contributed by atoms with E-state index in [2.05, 4.69) is 18.9 Å². The van der Waals surface area contributed by atoms with Crippen LogP contribution in [-0.2, 0) is 0 Å². The molecule has 2 unspecified atom stereocenters. The van der Waals surface area contributed by atoms with Gasteiger partial charge in [-0.2, -0.15) is 0 Å². The first kappa shape index (κ1) is 7.60. The summed E-state index contributed by atoms with van der Waals surface area (Å²) in [5.41, 5.74) is 0. The molecule has 11 heavy (non-hydrogen) atoms. The van der Waals surface area contributed by atoms with Gasteiger partial charge in [0.25, 0.3) is 0 Å². The van der Waals surface area contributed by atoms with Gasteiger partial charge in [-0.05, 0) is 57.2 Å². The van der Waals surface area contributed by atoms with E-state index in [1.807, 2.05) is 0 Å². The van der Waals surface area contributed by atoms with E-state index in [-0.39, 0.29) is 0 Å². The maximum atomic E-state index is 2.46. The molecule has 2 atom stereocenters. The first-order valence-electron chi connectivity index (χ1n) is 4.96. The zero-order chi connectivity index (χ0) is 7.84. The van der Waals surface area contributed by atoms with Crippen LogP contribution in [0.15, 0.2) is 0 Å². The lowest BCUT2D eigenvalue weighted by Gasteiger charge is -2.29. The van der Waals surface area contributed by atoms with Crippen LogP contribution in [0.5, 0.6) is 0 Å². The van der Waals surface area contributed by atoms with Crippen LogP contribution < -0.4 is 0 Å². The fraction of sp³-hybridized carbons (Fsp3) is 1.00. The minimum Gasteiger partial charge on any atom is -0.306 e. The summed E-state index contributed by atoms with van der Waals surface area (Å²) < 4.78 is 0. The standard InChI is InChI=1S/C10H19N/c1-8-7-10(8)9-3-5-11(2)6-4-9/h8-10H,3-7H2,1-2H3. The third kappa shape index (κ3) is 1.58. The highest BCUT2D eigenvalue weighted by Crippen LogP contribution is 2.47. The minimum absolute atomic E-state index is 1.06. The summed E-state index contributed by atoms with van der Waals surface area (Å²) in [6.45, 7) is 5.09. The Labute approximate surface area is 69.8 Å². The lowest BCUT2D eigenvalue weighted by atomic mass is 9.91. The van der Waals surface area contributed by atoms with Crippen molar-refractivity contribution >= 4 is 0 Å². The lowest BCUT2D eigenvalue weighted by molar-refractivity contribution is 0.200. The van der Waals surface area contributed by atoms with Gasteiger partial charge in [0.05, 0.1) is 0 Å². The normalized spacial score (nSPS) is 40.9. The third-order valence-corrected chi connectivity index (χ3v) is 3.54. The highest BCUT2D eigenvalue weighted by Gasteiger charge is 2.39. The molecule has 0 aromatic carbocycles. The second kappa shape index (κ2) is 2.78. The molecule has 1 aliphatic heterocycles. The maximum absolute atomic E-state index is 2.46. The maximum Gasteiger partial charge on any atom is -0.00190 e. The molecule has 2 fully saturated rings. The van der Waals surface area contributed by atoms with Crippen molar-refractivity contribution < 1.29 is 0 Å². The second-order valence-corrected chi connectivity index (χ2v) is 4.52. The molecule has 1 saturated carbocycles. The Hall–Kier alpha value is -0.0400. The van der Waals surface area contributed by atoms with Gasteiger partial charge in [-0.1, -0.05) is 6.92 Å². The van der Waals surface area contributed by atoms with Gasteiger partial charge in [0.2, 0.25) is 0 Å². The average Bonchev–Trinajstić information content (AvgIpc) is 2.69. The molecule has 1 heteroatoms. The summed E-state index contributed by atoms with van der Waals surface area (Å²) in [4.78, 5) is 2.46. The van der Waals surface area contributed by atoms with Crippen molar-refractivity contribution in [3.8, 4) is 0 Å². The smallest absolute Gasteiger partial charge is 0.00190 e. The summed E-state index contributed by atoms with van der Waals surface area (Å²) in [6.07, 6.45) is 4.45. The molecule has 0 aromatic heterocycles. The third-order valence-electron chi connectivity index (χ3n) is 3.54. The molecule has 2 rings (SSSR count). The fourth-order valence-corrected chi connectivity index (χ4v) is 2.46. The van der Waals surface area contributed by atoms with Gasteiger partial charge in [-0.3, -0.25) is 0 Å². The molecule has 64 valence electrons. The van der Waals surface area contributed by atoms with Crippen LogP contribution in [-0.4, -0.2) is 25.0 Å². The van der Waals surface area contributed by atoms with Crippen LogP contribution in [0.25, 0.3) is 0 Å². The summed E-state index contributed by atoms with van der Waals surface area (Å²) in [5, 5.41) is 0.